The van der Waals surface area contributed by atoms with E-state index < -0.39 is 22.6 Å². The van der Waals surface area contributed by atoms with Gasteiger partial charge in [0, 0.05) is 24.3 Å². The molecule has 0 aliphatic heterocycles. The van der Waals surface area contributed by atoms with Gasteiger partial charge in [-0.2, -0.15) is 13.2 Å². The summed E-state index contributed by atoms with van der Waals surface area (Å²) in [5.74, 6) is 0. The standard InChI is InChI=1S/C12H18F3N3O2S/c1-8-10(18-5-3-2-4-12(13,14)15)6-9(16)7-11(8)21(17,19)20/h6-7,18H,2-5,16H2,1H3,(H2,17,19,20). The molecule has 0 aromatic heterocycles. The monoisotopic (exact) mass is 325 g/mol. The summed E-state index contributed by atoms with van der Waals surface area (Å²) >= 11 is 0. The van der Waals surface area contributed by atoms with Gasteiger partial charge in [0.05, 0.1) is 4.90 Å². The van der Waals surface area contributed by atoms with Crippen LogP contribution in [0.5, 0.6) is 0 Å². The number of anilines is 2. The summed E-state index contributed by atoms with van der Waals surface area (Å²) in [7, 11) is -3.90. The summed E-state index contributed by atoms with van der Waals surface area (Å²) in [4.78, 5) is -0.0970. The molecule has 120 valence electrons. The lowest BCUT2D eigenvalue weighted by molar-refractivity contribution is -0.135. The second kappa shape index (κ2) is 6.52. The number of hydrogen-bond acceptors (Lipinski definition) is 4. The van der Waals surface area contributed by atoms with Crippen LogP contribution in [0.2, 0.25) is 0 Å². The molecular weight excluding hydrogens is 307 g/mol. The van der Waals surface area contributed by atoms with Crippen molar-refractivity contribution >= 4 is 21.4 Å². The second-order valence-corrected chi connectivity index (χ2v) is 6.27. The maximum absolute atomic E-state index is 12.0. The predicted octanol–water partition coefficient (Wildman–Crippen LogP) is 2.37. The Hall–Kier alpha value is -1.48. The number of halogens is 3. The van der Waals surface area contributed by atoms with Crippen molar-refractivity contribution in [3.8, 4) is 0 Å². The Kier molecular flexibility index (Phi) is 5.46. The van der Waals surface area contributed by atoms with Gasteiger partial charge in [-0.15, -0.1) is 0 Å². The molecule has 0 atom stereocenters. The first-order valence-corrected chi connectivity index (χ1v) is 7.79. The molecule has 9 heteroatoms. The van der Waals surface area contributed by atoms with E-state index in [-0.39, 0.29) is 23.5 Å². The summed E-state index contributed by atoms with van der Waals surface area (Å²) in [5, 5.41) is 7.97. The minimum absolute atomic E-state index is 0.0000913. The van der Waals surface area contributed by atoms with Gasteiger partial charge < -0.3 is 11.1 Å². The Bertz CT molecular complexity index is 601. The summed E-state index contributed by atoms with van der Waals surface area (Å²) < 4.78 is 58.8. The molecule has 0 saturated heterocycles. The number of unbranched alkanes of at least 4 members (excludes halogenated alkanes) is 1. The largest absolute Gasteiger partial charge is 0.399 e. The fraction of sp³-hybridized carbons (Fsp3) is 0.500. The van der Waals surface area contributed by atoms with Gasteiger partial charge in [-0.1, -0.05) is 0 Å². The molecule has 5 N–H and O–H groups in total. The Balaban J connectivity index is 2.70. The third-order valence-corrected chi connectivity index (χ3v) is 3.93. The normalized spacial score (nSPS) is 12.4. The quantitative estimate of drug-likeness (QED) is 0.552. The highest BCUT2D eigenvalue weighted by molar-refractivity contribution is 7.89. The van der Waals surface area contributed by atoms with E-state index in [1.54, 1.807) is 6.92 Å². The van der Waals surface area contributed by atoms with Crippen molar-refractivity contribution in [2.45, 2.75) is 37.3 Å². The first-order chi connectivity index (χ1) is 9.50. The van der Waals surface area contributed by atoms with Gasteiger partial charge in [0.25, 0.3) is 0 Å². The molecule has 0 radical (unpaired) electrons. The lowest BCUT2D eigenvalue weighted by atomic mass is 10.1. The average molecular weight is 325 g/mol. The number of primary sulfonamides is 1. The van der Waals surface area contributed by atoms with E-state index in [2.05, 4.69) is 5.32 Å². The smallest absolute Gasteiger partial charge is 0.389 e. The van der Waals surface area contributed by atoms with E-state index >= 15 is 0 Å². The average Bonchev–Trinajstić information content (AvgIpc) is 2.29. The molecule has 0 bridgehead atoms. The van der Waals surface area contributed by atoms with Crippen LogP contribution in [-0.4, -0.2) is 21.1 Å². The highest BCUT2D eigenvalue weighted by atomic mass is 32.2. The molecule has 0 heterocycles. The minimum Gasteiger partial charge on any atom is -0.399 e. The van der Waals surface area contributed by atoms with Crippen LogP contribution < -0.4 is 16.2 Å². The maximum atomic E-state index is 12.0. The predicted molar refractivity (Wildman–Crippen MR) is 75.4 cm³/mol. The van der Waals surface area contributed by atoms with Crippen molar-refractivity contribution in [3.63, 3.8) is 0 Å². The molecule has 0 amide bonds. The van der Waals surface area contributed by atoms with Crippen molar-refractivity contribution in [1.29, 1.82) is 0 Å². The third-order valence-electron chi connectivity index (χ3n) is 2.89. The minimum atomic E-state index is -4.16. The van der Waals surface area contributed by atoms with Gasteiger partial charge in [-0.25, -0.2) is 13.6 Å². The molecular formula is C12H18F3N3O2S. The van der Waals surface area contributed by atoms with Crippen LogP contribution in [0.3, 0.4) is 0 Å². The van der Waals surface area contributed by atoms with Gasteiger partial charge in [0.15, 0.2) is 0 Å². The highest BCUT2D eigenvalue weighted by Gasteiger charge is 2.25. The number of nitrogens with two attached hydrogens (primary N) is 2. The van der Waals surface area contributed by atoms with Gasteiger partial charge in [-0.05, 0) is 37.5 Å². The number of rotatable bonds is 6. The highest BCUT2D eigenvalue weighted by Crippen LogP contribution is 2.26. The van der Waals surface area contributed by atoms with Crippen LogP contribution in [0.1, 0.15) is 24.8 Å². The van der Waals surface area contributed by atoms with E-state index in [4.69, 9.17) is 10.9 Å². The topological polar surface area (TPSA) is 98.2 Å². The Morgan fingerprint density at radius 3 is 2.38 bits per heavy atom. The van der Waals surface area contributed by atoms with Crippen molar-refractivity contribution in [3.05, 3.63) is 17.7 Å². The van der Waals surface area contributed by atoms with Crippen molar-refractivity contribution < 1.29 is 21.6 Å². The van der Waals surface area contributed by atoms with Gasteiger partial charge in [-0.3, -0.25) is 0 Å². The van der Waals surface area contributed by atoms with Crippen LogP contribution in [0.15, 0.2) is 17.0 Å². The van der Waals surface area contributed by atoms with E-state index in [1.807, 2.05) is 0 Å². The molecule has 0 fully saturated rings. The van der Waals surface area contributed by atoms with Crippen molar-refractivity contribution in [2.24, 2.45) is 5.14 Å². The molecule has 1 rings (SSSR count). The maximum Gasteiger partial charge on any atom is 0.389 e. The Labute approximate surface area is 121 Å². The lowest BCUT2D eigenvalue weighted by Gasteiger charge is -2.14. The summed E-state index contributed by atoms with van der Waals surface area (Å²) in [6.07, 6.45) is -4.70. The number of nitrogen functional groups attached to an aromatic ring is 1. The number of nitrogens with one attached hydrogen (secondary N) is 1. The molecule has 1 aromatic carbocycles. The van der Waals surface area contributed by atoms with Crippen molar-refractivity contribution in [2.75, 3.05) is 17.6 Å². The van der Waals surface area contributed by atoms with Crippen LogP contribution in [0.25, 0.3) is 0 Å². The molecule has 0 unspecified atom stereocenters. The zero-order valence-electron chi connectivity index (χ0n) is 11.5. The number of hydrogen-bond donors (Lipinski definition) is 3. The molecule has 0 saturated carbocycles. The first kappa shape index (κ1) is 17.6. The number of benzene rings is 1. The van der Waals surface area contributed by atoms with Crippen LogP contribution >= 0.6 is 0 Å². The Morgan fingerprint density at radius 2 is 1.86 bits per heavy atom. The SMILES string of the molecule is Cc1c(NCCCCC(F)(F)F)cc(N)cc1S(N)(=O)=O. The van der Waals surface area contributed by atoms with Gasteiger partial charge >= 0.3 is 6.18 Å². The van der Waals surface area contributed by atoms with Crippen molar-refractivity contribution in [1.82, 2.24) is 0 Å². The zero-order chi connectivity index (χ0) is 16.3. The molecule has 5 nitrogen and oxygen atoms in total. The number of alkyl halides is 3. The third kappa shape index (κ3) is 5.80. The number of sulfonamides is 1. The molecule has 21 heavy (non-hydrogen) atoms. The van der Waals surface area contributed by atoms with Crippen LogP contribution in [0, 0.1) is 6.92 Å². The van der Waals surface area contributed by atoms with E-state index in [0.717, 1.165) is 0 Å². The van der Waals surface area contributed by atoms with E-state index in [1.165, 1.54) is 12.1 Å². The summed E-state index contributed by atoms with van der Waals surface area (Å²) in [6, 6.07) is 2.77. The zero-order valence-corrected chi connectivity index (χ0v) is 12.3. The fourth-order valence-electron chi connectivity index (χ4n) is 1.86. The van der Waals surface area contributed by atoms with Gasteiger partial charge in [0.1, 0.15) is 0 Å². The fourth-order valence-corrected chi connectivity index (χ4v) is 2.70. The summed E-state index contributed by atoms with van der Waals surface area (Å²) in [6.45, 7) is 1.83. The summed E-state index contributed by atoms with van der Waals surface area (Å²) in [5.41, 5.74) is 6.66. The first-order valence-electron chi connectivity index (χ1n) is 6.24. The second-order valence-electron chi connectivity index (χ2n) is 4.74. The van der Waals surface area contributed by atoms with Gasteiger partial charge in [0.2, 0.25) is 10.0 Å². The van der Waals surface area contributed by atoms with Crippen LogP contribution in [-0.2, 0) is 10.0 Å². The molecule has 0 aliphatic carbocycles. The molecule has 0 aliphatic rings. The lowest BCUT2D eigenvalue weighted by Crippen LogP contribution is -2.16. The van der Waals surface area contributed by atoms with E-state index in [9.17, 15) is 21.6 Å². The van der Waals surface area contributed by atoms with E-state index in [0.29, 0.717) is 17.7 Å². The van der Waals surface area contributed by atoms with Crippen LogP contribution in [0.4, 0.5) is 24.5 Å². The molecule has 0 spiro atoms. The Morgan fingerprint density at radius 1 is 1.24 bits per heavy atom. The molecule has 1 aromatic rings.